The number of anilines is 1. The van der Waals surface area contributed by atoms with Crippen LogP contribution in [0.25, 0.3) is 16.9 Å². The lowest BCUT2D eigenvalue weighted by atomic mass is 10.1. The van der Waals surface area contributed by atoms with Crippen molar-refractivity contribution in [3.63, 3.8) is 0 Å². The van der Waals surface area contributed by atoms with Crippen molar-refractivity contribution in [2.45, 2.75) is 0 Å². The van der Waals surface area contributed by atoms with Gasteiger partial charge in [0.1, 0.15) is 5.65 Å². The van der Waals surface area contributed by atoms with Crippen molar-refractivity contribution in [2.24, 2.45) is 10.7 Å². The summed E-state index contributed by atoms with van der Waals surface area (Å²) in [5.74, 6) is 0. The third-order valence-electron chi connectivity index (χ3n) is 3.76. The topological polar surface area (TPSA) is 81.7 Å². The number of aliphatic imine (C=N–C) groups is 1. The molecule has 5 heteroatoms. The molecule has 120 valence electrons. The van der Waals surface area contributed by atoms with E-state index in [9.17, 15) is 0 Å². The monoisotopic (exact) mass is 317 g/mol. The van der Waals surface area contributed by atoms with E-state index >= 15 is 0 Å². The zero-order valence-corrected chi connectivity index (χ0v) is 13.5. The van der Waals surface area contributed by atoms with Crippen LogP contribution in [0.2, 0.25) is 0 Å². The number of rotatable bonds is 4. The minimum Gasteiger partial charge on any atom is -0.399 e. The fraction of sp³-hybridized carbons (Fsp3) is 0.0526. The van der Waals surface area contributed by atoms with Crippen LogP contribution in [0.5, 0.6) is 0 Å². The normalized spacial score (nSPS) is 12.5. The standard InChI is InChI=1S/C19H19N5/c1-3-5-16(21)19(22-2)14-8-9-24-17(12-23-18(24)11-14)13-6-4-7-15(20)10-13/h3-12H,1,20-21H2,2H3/b16-5+,22-19?. The smallest absolute Gasteiger partial charge is 0.137 e. The van der Waals surface area contributed by atoms with Gasteiger partial charge in [-0.05, 0) is 30.3 Å². The fourth-order valence-electron chi connectivity index (χ4n) is 2.67. The molecule has 0 spiro atoms. The lowest BCUT2D eigenvalue weighted by Gasteiger charge is -2.08. The van der Waals surface area contributed by atoms with Crippen molar-refractivity contribution >= 4 is 17.0 Å². The zero-order valence-electron chi connectivity index (χ0n) is 13.5. The Hall–Kier alpha value is -3.34. The van der Waals surface area contributed by atoms with Gasteiger partial charge in [0.05, 0.1) is 23.3 Å². The van der Waals surface area contributed by atoms with Gasteiger partial charge in [-0.1, -0.05) is 24.8 Å². The van der Waals surface area contributed by atoms with Crippen molar-refractivity contribution in [3.8, 4) is 11.3 Å². The Morgan fingerprint density at radius 1 is 1.29 bits per heavy atom. The summed E-state index contributed by atoms with van der Waals surface area (Å²) in [5.41, 5.74) is 17.7. The van der Waals surface area contributed by atoms with Crippen LogP contribution in [0, 0.1) is 0 Å². The van der Waals surface area contributed by atoms with Crippen LogP contribution in [0.3, 0.4) is 0 Å². The van der Waals surface area contributed by atoms with E-state index in [1.54, 1.807) is 19.2 Å². The number of allylic oxidation sites excluding steroid dienone is 3. The van der Waals surface area contributed by atoms with Gasteiger partial charge in [-0.25, -0.2) is 4.98 Å². The maximum absolute atomic E-state index is 6.05. The first-order chi connectivity index (χ1) is 11.6. The Labute approximate surface area is 140 Å². The van der Waals surface area contributed by atoms with E-state index in [-0.39, 0.29) is 0 Å². The summed E-state index contributed by atoms with van der Waals surface area (Å²) in [7, 11) is 1.72. The largest absolute Gasteiger partial charge is 0.399 e. The van der Waals surface area contributed by atoms with Crippen LogP contribution < -0.4 is 11.5 Å². The summed E-state index contributed by atoms with van der Waals surface area (Å²) in [4.78, 5) is 8.78. The predicted molar refractivity (Wildman–Crippen MR) is 100.0 cm³/mol. The Kier molecular flexibility index (Phi) is 4.16. The Morgan fingerprint density at radius 2 is 2.12 bits per heavy atom. The number of aromatic nitrogens is 2. The lowest BCUT2D eigenvalue weighted by Crippen LogP contribution is -2.13. The van der Waals surface area contributed by atoms with Gasteiger partial charge in [0, 0.05) is 30.1 Å². The second-order valence-corrected chi connectivity index (χ2v) is 5.34. The number of hydrogen-bond acceptors (Lipinski definition) is 4. The maximum Gasteiger partial charge on any atom is 0.137 e. The number of nitrogens with zero attached hydrogens (tertiary/aromatic N) is 3. The van der Waals surface area contributed by atoms with Gasteiger partial charge in [0.15, 0.2) is 0 Å². The molecule has 2 aromatic heterocycles. The van der Waals surface area contributed by atoms with Gasteiger partial charge in [-0.3, -0.25) is 9.39 Å². The van der Waals surface area contributed by atoms with E-state index in [2.05, 4.69) is 16.6 Å². The Balaban J connectivity index is 2.09. The average molecular weight is 317 g/mol. The highest BCUT2D eigenvalue weighted by atomic mass is 15.0. The maximum atomic E-state index is 6.05. The second-order valence-electron chi connectivity index (χ2n) is 5.34. The number of benzene rings is 1. The molecule has 0 aliphatic carbocycles. The Bertz CT molecular complexity index is 963. The highest BCUT2D eigenvalue weighted by Crippen LogP contribution is 2.23. The van der Waals surface area contributed by atoms with Crippen LogP contribution in [0.15, 0.2) is 78.2 Å². The number of nitrogens with two attached hydrogens (primary N) is 2. The number of pyridine rings is 1. The minimum absolute atomic E-state index is 0.569. The van der Waals surface area contributed by atoms with E-state index in [0.29, 0.717) is 11.4 Å². The number of nitrogen functional groups attached to an aromatic ring is 1. The highest BCUT2D eigenvalue weighted by molar-refractivity contribution is 6.12. The molecule has 5 nitrogen and oxygen atoms in total. The molecule has 0 saturated heterocycles. The molecule has 3 aromatic rings. The SMILES string of the molecule is C=C/C=C(/N)C(=NC)c1ccn2c(-c3cccc(N)c3)cnc2c1. The van der Waals surface area contributed by atoms with E-state index < -0.39 is 0 Å². The number of hydrogen-bond donors (Lipinski definition) is 2. The van der Waals surface area contributed by atoms with Gasteiger partial charge in [0.2, 0.25) is 0 Å². The molecule has 2 heterocycles. The highest BCUT2D eigenvalue weighted by Gasteiger charge is 2.10. The zero-order chi connectivity index (χ0) is 17.1. The third-order valence-corrected chi connectivity index (χ3v) is 3.76. The van der Waals surface area contributed by atoms with Crippen LogP contribution in [-0.4, -0.2) is 22.1 Å². The minimum atomic E-state index is 0.569. The van der Waals surface area contributed by atoms with E-state index in [1.165, 1.54) is 0 Å². The first-order valence-electron chi connectivity index (χ1n) is 7.53. The summed E-state index contributed by atoms with van der Waals surface area (Å²) in [6, 6.07) is 11.7. The van der Waals surface area contributed by atoms with Crippen LogP contribution >= 0.6 is 0 Å². The molecule has 24 heavy (non-hydrogen) atoms. The van der Waals surface area contributed by atoms with E-state index in [1.807, 2.05) is 53.2 Å². The molecule has 0 bridgehead atoms. The van der Waals surface area contributed by atoms with Crippen molar-refractivity contribution in [3.05, 3.63) is 78.8 Å². The summed E-state index contributed by atoms with van der Waals surface area (Å²) in [6.07, 6.45) is 7.17. The summed E-state index contributed by atoms with van der Waals surface area (Å²) >= 11 is 0. The first kappa shape index (κ1) is 15.6. The molecule has 0 aliphatic rings. The predicted octanol–water partition coefficient (Wildman–Crippen LogP) is 3.03. The average Bonchev–Trinajstić information content (AvgIpc) is 2.99. The van der Waals surface area contributed by atoms with Gasteiger partial charge in [0.25, 0.3) is 0 Å². The van der Waals surface area contributed by atoms with Crippen molar-refractivity contribution in [1.29, 1.82) is 0 Å². The first-order valence-corrected chi connectivity index (χ1v) is 7.53. The molecule has 0 aliphatic heterocycles. The molecule has 0 radical (unpaired) electrons. The molecular formula is C19H19N5. The molecule has 0 atom stereocenters. The second kappa shape index (κ2) is 6.42. The summed E-state index contributed by atoms with van der Waals surface area (Å²) in [6.45, 7) is 3.67. The number of imidazole rings is 1. The molecule has 3 rings (SSSR count). The van der Waals surface area contributed by atoms with Crippen molar-refractivity contribution < 1.29 is 0 Å². The van der Waals surface area contributed by atoms with Crippen LogP contribution in [0.4, 0.5) is 5.69 Å². The molecule has 1 aromatic carbocycles. The molecule has 0 amide bonds. The van der Waals surface area contributed by atoms with E-state index in [0.717, 1.165) is 28.2 Å². The van der Waals surface area contributed by atoms with Crippen LogP contribution in [0.1, 0.15) is 5.56 Å². The molecule has 0 saturated carbocycles. The van der Waals surface area contributed by atoms with Crippen molar-refractivity contribution in [2.75, 3.05) is 12.8 Å². The van der Waals surface area contributed by atoms with Gasteiger partial charge < -0.3 is 11.5 Å². The number of fused-ring (bicyclic) bond motifs is 1. The van der Waals surface area contributed by atoms with E-state index in [4.69, 9.17) is 11.5 Å². The summed E-state index contributed by atoms with van der Waals surface area (Å²) < 4.78 is 2.01. The fourth-order valence-corrected chi connectivity index (χ4v) is 2.67. The molecule has 0 fully saturated rings. The van der Waals surface area contributed by atoms with Gasteiger partial charge >= 0.3 is 0 Å². The Morgan fingerprint density at radius 3 is 2.83 bits per heavy atom. The molecule has 0 unspecified atom stereocenters. The summed E-state index contributed by atoms with van der Waals surface area (Å²) in [5, 5.41) is 0. The quantitative estimate of drug-likeness (QED) is 0.441. The lowest BCUT2D eigenvalue weighted by molar-refractivity contribution is 1.18. The van der Waals surface area contributed by atoms with Gasteiger partial charge in [-0.15, -0.1) is 0 Å². The molecule has 4 N–H and O–H groups in total. The van der Waals surface area contributed by atoms with Crippen molar-refractivity contribution in [1.82, 2.24) is 9.38 Å². The van der Waals surface area contributed by atoms with Crippen LogP contribution in [-0.2, 0) is 0 Å². The molecular weight excluding hydrogens is 298 g/mol. The third kappa shape index (κ3) is 2.79. The van der Waals surface area contributed by atoms with Gasteiger partial charge in [-0.2, -0.15) is 0 Å².